The molecule has 0 saturated heterocycles. The Morgan fingerprint density at radius 1 is 1.38 bits per heavy atom. The zero-order valence-electron chi connectivity index (χ0n) is 9.46. The number of hydrogen-bond acceptors (Lipinski definition) is 2. The van der Waals surface area contributed by atoms with Crippen LogP contribution in [0.1, 0.15) is 20.8 Å². The highest BCUT2D eigenvalue weighted by Crippen LogP contribution is 2.12. The van der Waals surface area contributed by atoms with E-state index in [2.05, 4.69) is 43.9 Å². The van der Waals surface area contributed by atoms with E-state index >= 15 is 0 Å². The van der Waals surface area contributed by atoms with Crippen LogP contribution in [0.2, 0.25) is 0 Å². The zero-order valence-corrected chi connectivity index (χ0v) is 9.46. The molecule has 1 unspecified atom stereocenters. The molecule has 0 aromatic rings. The van der Waals surface area contributed by atoms with Crippen LogP contribution < -0.4 is 5.43 Å². The fraction of sp³-hybridized carbons (Fsp3) is 0.636. The maximum atomic E-state index is 3.81. The Labute approximate surface area is 82.3 Å². The third-order valence-corrected chi connectivity index (χ3v) is 2.30. The summed E-state index contributed by atoms with van der Waals surface area (Å²) in [5.41, 5.74) is 4.39. The van der Waals surface area contributed by atoms with Crippen LogP contribution in [0.25, 0.3) is 0 Å². The van der Waals surface area contributed by atoms with E-state index in [0.29, 0.717) is 12.0 Å². The second-order valence-corrected chi connectivity index (χ2v) is 3.60. The molecule has 1 atom stereocenters. The van der Waals surface area contributed by atoms with Crippen molar-refractivity contribution in [2.45, 2.75) is 26.8 Å². The third kappa shape index (κ3) is 4.25. The van der Waals surface area contributed by atoms with Crippen molar-refractivity contribution in [2.24, 2.45) is 5.92 Å². The fourth-order valence-corrected chi connectivity index (χ4v) is 1.09. The molecule has 0 rings (SSSR count). The first-order valence-corrected chi connectivity index (χ1v) is 4.77. The molecule has 0 aliphatic heterocycles. The van der Waals surface area contributed by atoms with Crippen molar-refractivity contribution in [3.05, 3.63) is 24.3 Å². The van der Waals surface area contributed by atoms with Gasteiger partial charge in [0.2, 0.25) is 0 Å². The molecular formula is C11H22N2. The molecule has 0 aromatic carbocycles. The highest BCUT2D eigenvalue weighted by Gasteiger charge is 2.06. The predicted molar refractivity (Wildman–Crippen MR) is 59.4 cm³/mol. The van der Waals surface area contributed by atoms with Crippen LogP contribution in [0, 0.1) is 5.92 Å². The summed E-state index contributed by atoms with van der Waals surface area (Å²) in [6, 6.07) is 0.389. The Bertz CT molecular complexity index is 183. The van der Waals surface area contributed by atoms with Gasteiger partial charge in [-0.3, -0.25) is 5.43 Å². The van der Waals surface area contributed by atoms with Crippen molar-refractivity contribution >= 4 is 0 Å². The highest BCUT2D eigenvalue weighted by atomic mass is 15.5. The monoisotopic (exact) mass is 182 g/mol. The maximum Gasteiger partial charge on any atom is 0.0397 e. The molecule has 0 saturated carbocycles. The van der Waals surface area contributed by atoms with Gasteiger partial charge in [0.15, 0.2) is 0 Å². The standard InChI is InChI=1S/C11H22N2/c1-7-11(9(2)3)8-10(4)13(6)12-5/h7-10,12H,1H2,2-6H3/b11-8+. The SMILES string of the molecule is C=C/C(=C\C(C)N(C)NC)C(C)C. The quantitative estimate of drug-likeness (QED) is 0.518. The van der Waals surface area contributed by atoms with Crippen LogP contribution in [0.5, 0.6) is 0 Å². The van der Waals surface area contributed by atoms with Crippen LogP contribution >= 0.6 is 0 Å². The summed E-state index contributed by atoms with van der Waals surface area (Å²) in [7, 11) is 3.95. The lowest BCUT2D eigenvalue weighted by molar-refractivity contribution is 0.226. The Morgan fingerprint density at radius 3 is 2.23 bits per heavy atom. The first-order valence-electron chi connectivity index (χ1n) is 4.77. The molecule has 0 radical (unpaired) electrons. The number of likely N-dealkylation sites (N-methyl/N-ethyl adjacent to an activating group) is 1. The average molecular weight is 182 g/mol. The zero-order chi connectivity index (χ0) is 10.4. The molecule has 0 aromatic heterocycles. The lowest BCUT2D eigenvalue weighted by atomic mass is 10.0. The normalized spacial score (nSPS) is 15.2. The Balaban J connectivity index is 4.41. The van der Waals surface area contributed by atoms with Crippen molar-refractivity contribution in [3.63, 3.8) is 0 Å². The van der Waals surface area contributed by atoms with E-state index in [-0.39, 0.29) is 0 Å². The first kappa shape index (κ1) is 12.4. The molecule has 0 heterocycles. The van der Waals surface area contributed by atoms with Crippen molar-refractivity contribution in [1.29, 1.82) is 0 Å². The fourth-order valence-electron chi connectivity index (χ4n) is 1.09. The van der Waals surface area contributed by atoms with Crippen molar-refractivity contribution in [2.75, 3.05) is 14.1 Å². The smallest absolute Gasteiger partial charge is 0.0397 e. The van der Waals surface area contributed by atoms with Crippen LogP contribution in [0.3, 0.4) is 0 Å². The molecule has 0 fully saturated rings. The van der Waals surface area contributed by atoms with E-state index < -0.39 is 0 Å². The van der Waals surface area contributed by atoms with Crippen molar-refractivity contribution in [3.8, 4) is 0 Å². The minimum Gasteiger partial charge on any atom is -0.258 e. The number of nitrogens with one attached hydrogen (secondary N) is 1. The predicted octanol–water partition coefficient (Wildman–Crippen LogP) is 2.21. The minimum absolute atomic E-state index is 0.389. The van der Waals surface area contributed by atoms with E-state index in [9.17, 15) is 0 Å². The van der Waals surface area contributed by atoms with E-state index in [0.717, 1.165) is 0 Å². The van der Waals surface area contributed by atoms with Gasteiger partial charge < -0.3 is 0 Å². The summed E-state index contributed by atoms with van der Waals surface area (Å²) >= 11 is 0. The number of nitrogens with zero attached hydrogens (tertiary/aromatic N) is 1. The van der Waals surface area contributed by atoms with Crippen LogP contribution in [-0.4, -0.2) is 25.1 Å². The molecule has 0 spiro atoms. The van der Waals surface area contributed by atoms with Gasteiger partial charge in [-0.05, 0) is 25.5 Å². The van der Waals surface area contributed by atoms with Gasteiger partial charge in [-0.2, -0.15) is 0 Å². The summed E-state index contributed by atoms with van der Waals surface area (Å²) in [4.78, 5) is 0. The van der Waals surface area contributed by atoms with Gasteiger partial charge in [-0.1, -0.05) is 32.6 Å². The molecule has 0 bridgehead atoms. The van der Waals surface area contributed by atoms with Gasteiger partial charge in [0.05, 0.1) is 0 Å². The molecule has 2 heteroatoms. The molecule has 0 aliphatic rings. The van der Waals surface area contributed by atoms with E-state index in [1.54, 1.807) is 0 Å². The van der Waals surface area contributed by atoms with Gasteiger partial charge in [0.25, 0.3) is 0 Å². The first-order chi connectivity index (χ1) is 6.02. The van der Waals surface area contributed by atoms with Crippen molar-refractivity contribution in [1.82, 2.24) is 10.4 Å². The summed E-state index contributed by atoms with van der Waals surface area (Å²) in [6.07, 6.45) is 4.17. The molecule has 0 amide bonds. The molecule has 13 heavy (non-hydrogen) atoms. The molecule has 1 N–H and O–H groups in total. The molecular weight excluding hydrogens is 160 g/mol. The number of rotatable bonds is 5. The van der Waals surface area contributed by atoms with Gasteiger partial charge in [-0.15, -0.1) is 0 Å². The van der Waals surface area contributed by atoms with E-state index in [4.69, 9.17) is 0 Å². The van der Waals surface area contributed by atoms with Crippen molar-refractivity contribution < 1.29 is 0 Å². The average Bonchev–Trinajstić information content (AvgIpc) is 2.11. The van der Waals surface area contributed by atoms with Crippen LogP contribution in [0.15, 0.2) is 24.3 Å². The Kier molecular flexibility index (Phi) is 5.67. The number of hydrazine groups is 1. The highest BCUT2D eigenvalue weighted by molar-refractivity contribution is 5.20. The summed E-state index contributed by atoms with van der Waals surface area (Å²) in [5, 5.41) is 2.06. The van der Waals surface area contributed by atoms with Gasteiger partial charge >= 0.3 is 0 Å². The third-order valence-electron chi connectivity index (χ3n) is 2.30. The van der Waals surface area contributed by atoms with Crippen LogP contribution in [0.4, 0.5) is 0 Å². The Hall–Kier alpha value is -0.600. The van der Waals surface area contributed by atoms with E-state index in [1.165, 1.54) is 5.57 Å². The maximum absolute atomic E-state index is 3.81. The number of hydrogen-bond donors (Lipinski definition) is 1. The molecule has 0 aliphatic carbocycles. The molecule has 2 nitrogen and oxygen atoms in total. The molecule has 76 valence electrons. The lowest BCUT2D eigenvalue weighted by Gasteiger charge is -2.22. The second kappa shape index (κ2) is 5.95. The summed E-state index contributed by atoms with van der Waals surface area (Å²) in [5.74, 6) is 0.546. The minimum atomic E-state index is 0.389. The Morgan fingerprint density at radius 2 is 1.92 bits per heavy atom. The van der Waals surface area contributed by atoms with Gasteiger partial charge in [-0.25, -0.2) is 5.01 Å². The lowest BCUT2D eigenvalue weighted by Crippen LogP contribution is -2.37. The second-order valence-electron chi connectivity index (χ2n) is 3.60. The van der Waals surface area contributed by atoms with Gasteiger partial charge in [0.1, 0.15) is 0 Å². The topological polar surface area (TPSA) is 15.3 Å². The number of allylic oxidation sites excluding steroid dienone is 2. The van der Waals surface area contributed by atoms with E-state index in [1.807, 2.05) is 20.2 Å². The summed E-state index contributed by atoms with van der Waals surface area (Å²) in [6.45, 7) is 10.3. The largest absolute Gasteiger partial charge is 0.258 e. The summed E-state index contributed by atoms with van der Waals surface area (Å²) < 4.78 is 0. The van der Waals surface area contributed by atoms with Gasteiger partial charge in [0, 0.05) is 13.1 Å². The van der Waals surface area contributed by atoms with Crippen LogP contribution in [-0.2, 0) is 0 Å².